The SMILES string of the molecule is Cc1[nH]cnc1CNCCC(C)C. The summed E-state index contributed by atoms with van der Waals surface area (Å²) in [5.74, 6) is 0.771. The largest absolute Gasteiger partial charge is 0.348 e. The smallest absolute Gasteiger partial charge is 0.0925 e. The van der Waals surface area contributed by atoms with Crippen molar-refractivity contribution in [2.75, 3.05) is 6.54 Å². The Hall–Kier alpha value is -0.830. The number of hydrogen-bond donors (Lipinski definition) is 2. The van der Waals surface area contributed by atoms with Crippen molar-refractivity contribution in [3.8, 4) is 0 Å². The van der Waals surface area contributed by atoms with Crippen LogP contribution >= 0.6 is 0 Å². The van der Waals surface area contributed by atoms with Crippen molar-refractivity contribution in [2.24, 2.45) is 5.92 Å². The molecule has 1 rings (SSSR count). The molecule has 0 aliphatic rings. The first-order valence-electron chi connectivity index (χ1n) is 4.89. The van der Waals surface area contributed by atoms with Crippen LogP contribution in [0.15, 0.2) is 6.33 Å². The zero-order valence-corrected chi connectivity index (χ0v) is 8.72. The fraction of sp³-hybridized carbons (Fsp3) is 0.700. The predicted octanol–water partition coefficient (Wildman–Crippen LogP) is 1.85. The van der Waals surface area contributed by atoms with Crippen molar-refractivity contribution >= 4 is 0 Å². The Bertz CT molecular complexity index is 240. The Balaban J connectivity index is 2.17. The first-order chi connectivity index (χ1) is 6.20. The van der Waals surface area contributed by atoms with E-state index in [4.69, 9.17) is 0 Å². The number of nitrogens with zero attached hydrogens (tertiary/aromatic N) is 1. The molecule has 0 fully saturated rings. The van der Waals surface area contributed by atoms with Gasteiger partial charge in [0, 0.05) is 12.2 Å². The number of nitrogens with one attached hydrogen (secondary N) is 2. The van der Waals surface area contributed by atoms with Gasteiger partial charge in [0.1, 0.15) is 0 Å². The third-order valence-corrected chi connectivity index (χ3v) is 2.13. The molecule has 0 aliphatic heterocycles. The minimum atomic E-state index is 0.771. The van der Waals surface area contributed by atoms with Crippen molar-refractivity contribution < 1.29 is 0 Å². The van der Waals surface area contributed by atoms with Crippen molar-refractivity contribution in [1.29, 1.82) is 0 Å². The van der Waals surface area contributed by atoms with E-state index in [1.54, 1.807) is 6.33 Å². The molecule has 74 valence electrons. The molecule has 3 heteroatoms. The molecule has 0 radical (unpaired) electrons. The highest BCUT2D eigenvalue weighted by molar-refractivity contribution is 5.07. The summed E-state index contributed by atoms with van der Waals surface area (Å²) >= 11 is 0. The van der Waals surface area contributed by atoms with Gasteiger partial charge in [-0.2, -0.15) is 0 Å². The van der Waals surface area contributed by atoms with E-state index in [9.17, 15) is 0 Å². The number of imidazole rings is 1. The highest BCUT2D eigenvalue weighted by Crippen LogP contribution is 2.00. The molecule has 1 aromatic heterocycles. The van der Waals surface area contributed by atoms with Crippen LogP contribution in [-0.2, 0) is 6.54 Å². The van der Waals surface area contributed by atoms with Crippen molar-refractivity contribution in [3.63, 3.8) is 0 Å². The average molecular weight is 181 g/mol. The third kappa shape index (κ3) is 3.59. The molecule has 2 N–H and O–H groups in total. The highest BCUT2D eigenvalue weighted by Gasteiger charge is 1.99. The van der Waals surface area contributed by atoms with Crippen molar-refractivity contribution in [3.05, 3.63) is 17.7 Å². The first-order valence-corrected chi connectivity index (χ1v) is 4.89. The van der Waals surface area contributed by atoms with Crippen LogP contribution in [0.25, 0.3) is 0 Å². The molecule has 3 nitrogen and oxygen atoms in total. The average Bonchev–Trinajstić information content (AvgIpc) is 2.45. The number of aromatic amines is 1. The molecule has 0 saturated heterocycles. The van der Waals surface area contributed by atoms with Crippen molar-refractivity contribution in [2.45, 2.75) is 33.7 Å². The maximum atomic E-state index is 4.21. The van der Waals surface area contributed by atoms with Crippen LogP contribution in [0.4, 0.5) is 0 Å². The van der Waals surface area contributed by atoms with Crippen LogP contribution in [0.5, 0.6) is 0 Å². The maximum absolute atomic E-state index is 4.21. The number of rotatable bonds is 5. The topological polar surface area (TPSA) is 40.7 Å². The quantitative estimate of drug-likeness (QED) is 0.681. The summed E-state index contributed by atoms with van der Waals surface area (Å²) in [6, 6.07) is 0. The number of hydrogen-bond acceptors (Lipinski definition) is 2. The van der Waals surface area contributed by atoms with Crippen LogP contribution in [0.1, 0.15) is 31.7 Å². The maximum Gasteiger partial charge on any atom is 0.0925 e. The summed E-state index contributed by atoms with van der Waals surface area (Å²) in [6.45, 7) is 8.47. The van der Waals surface area contributed by atoms with Gasteiger partial charge >= 0.3 is 0 Å². The van der Waals surface area contributed by atoms with E-state index in [-0.39, 0.29) is 0 Å². The van der Waals surface area contributed by atoms with Gasteiger partial charge < -0.3 is 10.3 Å². The lowest BCUT2D eigenvalue weighted by Gasteiger charge is -2.05. The van der Waals surface area contributed by atoms with Gasteiger partial charge in [-0.05, 0) is 25.8 Å². The Morgan fingerprint density at radius 2 is 2.31 bits per heavy atom. The summed E-state index contributed by atoms with van der Waals surface area (Å²) < 4.78 is 0. The van der Waals surface area contributed by atoms with Gasteiger partial charge in [-0.3, -0.25) is 0 Å². The third-order valence-electron chi connectivity index (χ3n) is 2.13. The number of aryl methyl sites for hydroxylation is 1. The minimum Gasteiger partial charge on any atom is -0.348 e. The van der Waals surface area contributed by atoms with Gasteiger partial charge in [0.25, 0.3) is 0 Å². The Labute approximate surface area is 80.0 Å². The monoisotopic (exact) mass is 181 g/mol. The van der Waals surface area contributed by atoms with Gasteiger partial charge in [-0.15, -0.1) is 0 Å². The molecule has 0 aromatic carbocycles. The lowest BCUT2D eigenvalue weighted by Crippen LogP contribution is -2.17. The summed E-state index contributed by atoms with van der Waals surface area (Å²) in [6.07, 6.45) is 2.97. The van der Waals surface area contributed by atoms with Crippen LogP contribution in [0.2, 0.25) is 0 Å². The Morgan fingerprint density at radius 3 is 2.85 bits per heavy atom. The molecule has 0 saturated carbocycles. The number of aromatic nitrogens is 2. The second kappa shape index (κ2) is 5.02. The Kier molecular flexibility index (Phi) is 3.96. The van der Waals surface area contributed by atoms with E-state index >= 15 is 0 Å². The first kappa shape index (κ1) is 10.3. The molecule has 0 spiro atoms. The van der Waals surface area contributed by atoms with Gasteiger partial charge in [0.05, 0.1) is 12.0 Å². The van der Waals surface area contributed by atoms with Gasteiger partial charge in [-0.1, -0.05) is 13.8 Å². The molecule has 0 unspecified atom stereocenters. The van der Waals surface area contributed by atoms with Gasteiger partial charge in [0.15, 0.2) is 0 Å². The van der Waals surface area contributed by atoms with Crippen LogP contribution < -0.4 is 5.32 Å². The lowest BCUT2D eigenvalue weighted by molar-refractivity contribution is 0.535. The van der Waals surface area contributed by atoms with Crippen LogP contribution in [0.3, 0.4) is 0 Å². The van der Waals surface area contributed by atoms with E-state index in [1.165, 1.54) is 6.42 Å². The van der Waals surface area contributed by atoms with E-state index in [2.05, 4.69) is 29.1 Å². The van der Waals surface area contributed by atoms with Crippen LogP contribution in [-0.4, -0.2) is 16.5 Å². The van der Waals surface area contributed by atoms with E-state index in [0.29, 0.717) is 0 Å². The zero-order chi connectivity index (χ0) is 9.68. The predicted molar refractivity (Wildman–Crippen MR) is 54.5 cm³/mol. The second-order valence-electron chi connectivity index (χ2n) is 3.83. The van der Waals surface area contributed by atoms with Gasteiger partial charge in [-0.25, -0.2) is 4.98 Å². The normalized spacial score (nSPS) is 11.1. The molecule has 13 heavy (non-hydrogen) atoms. The van der Waals surface area contributed by atoms with E-state index in [0.717, 1.165) is 30.4 Å². The fourth-order valence-corrected chi connectivity index (χ4v) is 1.16. The summed E-state index contributed by atoms with van der Waals surface area (Å²) in [7, 11) is 0. The zero-order valence-electron chi connectivity index (χ0n) is 8.72. The molecular formula is C10H19N3. The summed E-state index contributed by atoms with van der Waals surface area (Å²) in [5.41, 5.74) is 2.29. The van der Waals surface area contributed by atoms with Crippen molar-refractivity contribution in [1.82, 2.24) is 15.3 Å². The van der Waals surface area contributed by atoms with Crippen LogP contribution in [0, 0.1) is 12.8 Å². The molecule has 0 atom stereocenters. The molecular weight excluding hydrogens is 162 g/mol. The second-order valence-corrected chi connectivity index (χ2v) is 3.83. The molecule has 1 aromatic rings. The summed E-state index contributed by atoms with van der Waals surface area (Å²) in [5, 5.41) is 3.38. The number of H-pyrrole nitrogens is 1. The fourth-order valence-electron chi connectivity index (χ4n) is 1.16. The standard InChI is InChI=1S/C10H19N3/c1-8(2)4-5-11-6-10-9(3)12-7-13-10/h7-8,11H,4-6H2,1-3H3,(H,12,13). The molecule has 0 aliphatic carbocycles. The molecule has 1 heterocycles. The van der Waals surface area contributed by atoms with E-state index < -0.39 is 0 Å². The van der Waals surface area contributed by atoms with E-state index in [1.807, 2.05) is 6.92 Å². The lowest BCUT2D eigenvalue weighted by atomic mass is 10.1. The Morgan fingerprint density at radius 1 is 1.54 bits per heavy atom. The molecule has 0 amide bonds. The highest BCUT2D eigenvalue weighted by atomic mass is 14.9. The van der Waals surface area contributed by atoms with Gasteiger partial charge in [0.2, 0.25) is 0 Å². The molecule has 0 bridgehead atoms. The minimum absolute atomic E-state index is 0.771. The summed E-state index contributed by atoms with van der Waals surface area (Å²) in [4.78, 5) is 7.28.